The zero-order chi connectivity index (χ0) is 14.5. The largest absolute Gasteiger partial charge is 0.481 e. The number of carboxylic acid groups (broad SMARTS) is 1. The van der Waals surface area contributed by atoms with Crippen LogP contribution in [0.1, 0.15) is 43.5 Å². The zero-order valence-electron chi connectivity index (χ0n) is 11.7. The van der Waals surface area contributed by atoms with Crippen LogP contribution in [0, 0.1) is 0 Å². The minimum absolute atomic E-state index is 0.0979. The van der Waals surface area contributed by atoms with Crippen molar-refractivity contribution in [3.05, 3.63) is 29.6 Å². The predicted molar refractivity (Wildman–Crippen MR) is 74.4 cm³/mol. The molecule has 1 saturated heterocycles. The van der Waals surface area contributed by atoms with E-state index in [1.807, 2.05) is 23.1 Å². The molecule has 2 heterocycles. The summed E-state index contributed by atoms with van der Waals surface area (Å²) in [7, 11) is 0. The summed E-state index contributed by atoms with van der Waals surface area (Å²) in [6.45, 7) is 3.13. The number of amides is 1. The smallest absolute Gasteiger partial charge is 0.303 e. The molecule has 0 radical (unpaired) electrons. The second kappa shape index (κ2) is 6.50. The van der Waals surface area contributed by atoms with Gasteiger partial charge in [0.15, 0.2) is 0 Å². The molecular weight excluding hydrogens is 256 g/mol. The zero-order valence-corrected chi connectivity index (χ0v) is 11.7. The molecule has 1 atom stereocenters. The molecule has 5 nitrogen and oxygen atoms in total. The Hall–Kier alpha value is -1.91. The first kappa shape index (κ1) is 14.5. The topological polar surface area (TPSA) is 70.5 Å². The van der Waals surface area contributed by atoms with Crippen LogP contribution >= 0.6 is 0 Å². The highest BCUT2D eigenvalue weighted by Crippen LogP contribution is 2.25. The number of nitrogens with zero attached hydrogens (tertiary/aromatic N) is 2. The molecule has 0 aliphatic carbocycles. The van der Waals surface area contributed by atoms with Gasteiger partial charge in [-0.3, -0.25) is 14.6 Å². The normalized spacial score (nSPS) is 18.9. The molecule has 1 aliphatic rings. The van der Waals surface area contributed by atoms with Crippen molar-refractivity contribution in [2.45, 2.75) is 38.5 Å². The number of carbonyl (C=O) groups excluding carboxylic acids is 1. The lowest BCUT2D eigenvalue weighted by Crippen LogP contribution is -2.37. The fourth-order valence-corrected chi connectivity index (χ4v) is 2.60. The lowest BCUT2D eigenvalue weighted by molar-refractivity contribution is -0.137. The lowest BCUT2D eigenvalue weighted by Gasteiger charge is -2.31. The second-order valence-electron chi connectivity index (χ2n) is 5.25. The molecule has 1 unspecified atom stereocenters. The van der Waals surface area contributed by atoms with E-state index in [2.05, 4.69) is 4.98 Å². The van der Waals surface area contributed by atoms with Crippen molar-refractivity contribution in [3.63, 3.8) is 0 Å². The van der Waals surface area contributed by atoms with Crippen LogP contribution in [-0.4, -0.2) is 40.0 Å². The molecule has 20 heavy (non-hydrogen) atoms. The van der Waals surface area contributed by atoms with Gasteiger partial charge in [0, 0.05) is 43.7 Å². The van der Waals surface area contributed by atoms with Gasteiger partial charge in [-0.25, -0.2) is 0 Å². The third-order valence-corrected chi connectivity index (χ3v) is 3.71. The van der Waals surface area contributed by atoms with Crippen LogP contribution < -0.4 is 0 Å². The Morgan fingerprint density at radius 2 is 2.25 bits per heavy atom. The molecule has 1 fully saturated rings. The first-order valence-corrected chi connectivity index (χ1v) is 6.99. The summed E-state index contributed by atoms with van der Waals surface area (Å²) in [5.74, 6) is -0.438. The summed E-state index contributed by atoms with van der Waals surface area (Å²) >= 11 is 0. The molecular formula is C15H20N2O3. The van der Waals surface area contributed by atoms with Crippen molar-refractivity contribution in [2.24, 2.45) is 0 Å². The highest BCUT2D eigenvalue weighted by atomic mass is 16.4. The van der Waals surface area contributed by atoms with Crippen molar-refractivity contribution in [3.8, 4) is 0 Å². The van der Waals surface area contributed by atoms with Gasteiger partial charge in [0.05, 0.1) is 6.42 Å². The fourth-order valence-electron chi connectivity index (χ4n) is 2.60. The number of hydrogen-bond acceptors (Lipinski definition) is 3. The first-order valence-electron chi connectivity index (χ1n) is 6.99. The van der Waals surface area contributed by atoms with Crippen LogP contribution in [-0.2, 0) is 16.0 Å². The molecule has 108 valence electrons. The highest BCUT2D eigenvalue weighted by Gasteiger charge is 2.23. The number of aromatic nitrogens is 1. The Bertz CT molecular complexity index is 502. The van der Waals surface area contributed by atoms with Crippen molar-refractivity contribution < 1.29 is 14.7 Å². The summed E-state index contributed by atoms with van der Waals surface area (Å²) in [5, 5.41) is 8.72. The van der Waals surface area contributed by atoms with Gasteiger partial charge in [-0.05, 0) is 25.0 Å². The number of likely N-dealkylation sites (tertiary alicyclic amines) is 1. The Balaban J connectivity index is 2.06. The summed E-state index contributed by atoms with van der Waals surface area (Å²) in [6.07, 6.45) is 2.57. The van der Waals surface area contributed by atoms with Crippen LogP contribution in [0.4, 0.5) is 0 Å². The number of piperidine rings is 1. The van der Waals surface area contributed by atoms with Gasteiger partial charge < -0.3 is 10.0 Å². The molecule has 5 heteroatoms. The van der Waals surface area contributed by atoms with Crippen LogP contribution in [0.3, 0.4) is 0 Å². The molecule has 0 spiro atoms. The number of aryl methyl sites for hydroxylation is 1. The van der Waals surface area contributed by atoms with Gasteiger partial charge in [-0.1, -0.05) is 6.07 Å². The number of carbonyl (C=O) groups is 2. The number of hydrogen-bond donors (Lipinski definition) is 1. The van der Waals surface area contributed by atoms with Crippen LogP contribution in [0.15, 0.2) is 18.2 Å². The first-order chi connectivity index (χ1) is 9.56. The van der Waals surface area contributed by atoms with Crippen molar-refractivity contribution in [2.75, 3.05) is 13.1 Å². The number of pyridine rings is 1. The monoisotopic (exact) mass is 276 g/mol. The third kappa shape index (κ3) is 3.79. The van der Waals surface area contributed by atoms with E-state index in [1.54, 1.807) is 6.92 Å². The van der Waals surface area contributed by atoms with E-state index in [9.17, 15) is 9.59 Å². The summed E-state index contributed by atoms with van der Waals surface area (Å²) in [5.41, 5.74) is 1.78. The molecule has 0 bridgehead atoms. The summed E-state index contributed by atoms with van der Waals surface area (Å²) < 4.78 is 0. The number of aliphatic carboxylic acids is 1. The molecule has 0 aromatic carbocycles. The highest BCUT2D eigenvalue weighted by molar-refractivity contribution is 5.73. The minimum atomic E-state index is -0.808. The Kier molecular flexibility index (Phi) is 4.71. The second-order valence-corrected chi connectivity index (χ2v) is 5.25. The number of rotatable bonds is 4. The van der Waals surface area contributed by atoms with E-state index in [0.29, 0.717) is 13.0 Å². The third-order valence-electron chi connectivity index (χ3n) is 3.71. The van der Waals surface area contributed by atoms with Crippen LogP contribution in [0.5, 0.6) is 0 Å². The van der Waals surface area contributed by atoms with E-state index in [0.717, 1.165) is 30.8 Å². The Morgan fingerprint density at radius 3 is 2.95 bits per heavy atom. The average Bonchev–Trinajstić information content (AvgIpc) is 2.45. The maximum absolute atomic E-state index is 11.5. The van der Waals surface area contributed by atoms with Gasteiger partial charge in [0.1, 0.15) is 0 Å². The summed E-state index contributed by atoms with van der Waals surface area (Å²) in [6, 6.07) is 5.75. The van der Waals surface area contributed by atoms with E-state index < -0.39 is 5.97 Å². The van der Waals surface area contributed by atoms with Gasteiger partial charge in [0.25, 0.3) is 0 Å². The van der Waals surface area contributed by atoms with Crippen LogP contribution in [0.25, 0.3) is 0 Å². The molecule has 0 saturated carbocycles. The molecule has 2 rings (SSSR count). The van der Waals surface area contributed by atoms with Gasteiger partial charge in [-0.2, -0.15) is 0 Å². The van der Waals surface area contributed by atoms with E-state index in [-0.39, 0.29) is 18.2 Å². The molecule has 1 aliphatic heterocycles. The Morgan fingerprint density at radius 1 is 1.45 bits per heavy atom. The number of carboxylic acids is 1. The molecule has 1 aromatic heterocycles. The minimum Gasteiger partial charge on any atom is -0.481 e. The average molecular weight is 276 g/mol. The molecule has 1 N–H and O–H groups in total. The van der Waals surface area contributed by atoms with Crippen molar-refractivity contribution >= 4 is 11.9 Å². The van der Waals surface area contributed by atoms with Gasteiger partial charge in [0.2, 0.25) is 5.91 Å². The maximum atomic E-state index is 11.5. The predicted octanol–water partition coefficient (Wildman–Crippen LogP) is 1.82. The van der Waals surface area contributed by atoms with Gasteiger partial charge >= 0.3 is 5.97 Å². The maximum Gasteiger partial charge on any atom is 0.303 e. The SMILES string of the molecule is CC(=O)N1CCCC(c2cccc(CCC(=O)O)n2)C1. The summed E-state index contributed by atoms with van der Waals surface area (Å²) in [4.78, 5) is 28.5. The quantitative estimate of drug-likeness (QED) is 0.910. The van der Waals surface area contributed by atoms with E-state index in [1.165, 1.54) is 0 Å². The van der Waals surface area contributed by atoms with E-state index in [4.69, 9.17) is 5.11 Å². The standard InChI is InChI=1S/C15H20N2O3/c1-11(18)17-9-3-4-12(10-17)14-6-2-5-13(16-14)7-8-15(19)20/h2,5-6,12H,3-4,7-10H2,1H3,(H,19,20). The molecule has 1 aromatic rings. The molecule has 1 amide bonds. The Labute approximate surface area is 118 Å². The van der Waals surface area contributed by atoms with Crippen molar-refractivity contribution in [1.29, 1.82) is 0 Å². The van der Waals surface area contributed by atoms with E-state index >= 15 is 0 Å². The van der Waals surface area contributed by atoms with Crippen LogP contribution in [0.2, 0.25) is 0 Å². The lowest BCUT2D eigenvalue weighted by atomic mass is 9.94. The van der Waals surface area contributed by atoms with Crippen molar-refractivity contribution in [1.82, 2.24) is 9.88 Å². The fraction of sp³-hybridized carbons (Fsp3) is 0.533. The van der Waals surface area contributed by atoms with Gasteiger partial charge in [-0.15, -0.1) is 0 Å².